The molecule has 0 spiro atoms. The van der Waals surface area contributed by atoms with Crippen LogP contribution in [0.15, 0.2) is 212 Å². The minimum absolute atomic E-state index is 0.0585. The monoisotopic (exact) mass is 1110 g/mol. The van der Waals surface area contributed by atoms with Gasteiger partial charge in [-0.1, -0.05) is 134 Å². The van der Waals surface area contributed by atoms with E-state index in [0.717, 1.165) is 0 Å². The first-order valence-corrected chi connectivity index (χ1v) is 26.9. The zero-order valence-electron chi connectivity index (χ0n) is 43.5. The quantitative estimate of drug-likeness (QED) is 0.0514. The van der Waals surface area contributed by atoms with Gasteiger partial charge in [-0.3, -0.25) is 0 Å². The summed E-state index contributed by atoms with van der Waals surface area (Å²) in [5.41, 5.74) is -0.378. The Balaban J connectivity index is 1.14. The second kappa shape index (κ2) is 27.8. The third-order valence-electron chi connectivity index (χ3n) is 12.8. The highest BCUT2D eigenvalue weighted by atomic mass is 32.2. The van der Waals surface area contributed by atoms with Gasteiger partial charge in [0, 0.05) is 0 Å². The number of ether oxygens (including phenoxy) is 10. The number of hydrogen-bond donors (Lipinski definition) is 0. The van der Waals surface area contributed by atoms with E-state index in [1.165, 1.54) is 84.6 Å². The SMILES string of the molecule is CCSC1OC(COC2OC(COC(=O)c3ccccc3)C(OC(=O)c3ccccc3)C(OC(=O)c3ccccc3)C2OC(=O)c2ccccc2)C(OC(=O)c2ccccc2)C(OC(=O)c2ccccc2)C1OC(=O)c1ccccc1. The summed E-state index contributed by atoms with van der Waals surface area (Å²) in [5.74, 6) is -5.76. The fraction of sp³-hybridized carbons (Fsp3) is 0.222. The lowest BCUT2D eigenvalue weighted by molar-refractivity contribution is -0.309. The molecule has 9 rings (SSSR count). The van der Waals surface area contributed by atoms with Crippen LogP contribution in [-0.2, 0) is 47.4 Å². The number of carbonyl (C=O) groups is 7. The maximum atomic E-state index is 14.4. The predicted octanol–water partition coefficient (Wildman–Crippen LogP) is 9.42. The predicted molar refractivity (Wildman–Crippen MR) is 292 cm³/mol. The highest BCUT2D eigenvalue weighted by Crippen LogP contribution is 2.37. The minimum atomic E-state index is -1.83. The van der Waals surface area contributed by atoms with Crippen molar-refractivity contribution >= 4 is 53.5 Å². The second-order valence-electron chi connectivity index (χ2n) is 18.3. The van der Waals surface area contributed by atoms with E-state index in [2.05, 4.69) is 0 Å². The standard InChI is InChI=1S/C63H54O17S/c1-2-81-63-54(80-61(70)46-36-22-9-23-37-46)52(78-59(68)44-32-18-7-19-33-44)50(76-57(66)42-28-14-5-15-29-42)48(74-63)39-72-62-53(79-60(69)45-34-20-8-21-35-45)51(77-58(67)43-30-16-6-17-31-43)49(75-56(65)41-26-12-4-13-27-41)47(73-62)38-71-55(64)40-24-10-3-11-25-40/h3-37,47-54,62-63H,2,38-39H2,1H3. The smallest absolute Gasteiger partial charge is 0.338 e. The van der Waals surface area contributed by atoms with Crippen molar-refractivity contribution in [3.05, 3.63) is 251 Å². The van der Waals surface area contributed by atoms with E-state index in [-0.39, 0.29) is 38.9 Å². The average molecular weight is 1120 g/mol. The topological polar surface area (TPSA) is 212 Å². The van der Waals surface area contributed by atoms with Crippen LogP contribution in [0, 0.1) is 0 Å². The molecule has 2 aliphatic rings. The molecule has 0 aliphatic carbocycles. The summed E-state index contributed by atoms with van der Waals surface area (Å²) < 4.78 is 63.4. The first-order valence-electron chi connectivity index (χ1n) is 25.9. The highest BCUT2D eigenvalue weighted by Gasteiger charge is 2.56. The van der Waals surface area contributed by atoms with Gasteiger partial charge in [-0.15, -0.1) is 11.8 Å². The van der Waals surface area contributed by atoms with E-state index in [9.17, 15) is 33.6 Å². The van der Waals surface area contributed by atoms with E-state index < -0.39 is 116 Å². The summed E-state index contributed by atoms with van der Waals surface area (Å²) in [6.45, 7) is 0.518. The van der Waals surface area contributed by atoms with Gasteiger partial charge >= 0.3 is 41.8 Å². The van der Waals surface area contributed by atoms with Gasteiger partial charge in [-0.2, -0.15) is 0 Å². The molecule has 414 valence electrons. The average Bonchev–Trinajstić information content (AvgIpc) is 3.59. The van der Waals surface area contributed by atoms with Crippen LogP contribution >= 0.6 is 11.8 Å². The van der Waals surface area contributed by atoms with E-state index >= 15 is 0 Å². The van der Waals surface area contributed by atoms with Crippen LogP contribution in [0.2, 0.25) is 0 Å². The molecule has 2 fully saturated rings. The van der Waals surface area contributed by atoms with Crippen LogP contribution in [0.25, 0.3) is 0 Å². The lowest BCUT2D eigenvalue weighted by Gasteiger charge is -2.46. The van der Waals surface area contributed by atoms with E-state index in [1.807, 2.05) is 6.92 Å². The minimum Gasteiger partial charge on any atom is -0.459 e. The summed E-state index contributed by atoms with van der Waals surface area (Å²) in [7, 11) is 0. The van der Waals surface area contributed by atoms with Crippen molar-refractivity contribution in [2.45, 2.75) is 67.5 Å². The lowest BCUT2D eigenvalue weighted by atomic mass is 9.97. The number of esters is 7. The molecular formula is C63H54O17S. The highest BCUT2D eigenvalue weighted by molar-refractivity contribution is 7.99. The zero-order valence-corrected chi connectivity index (χ0v) is 44.3. The molecule has 0 N–H and O–H groups in total. The lowest BCUT2D eigenvalue weighted by Crippen LogP contribution is -2.64. The summed E-state index contributed by atoms with van der Waals surface area (Å²) in [4.78, 5) is 99.1. The van der Waals surface area contributed by atoms with E-state index in [4.69, 9.17) is 47.4 Å². The maximum absolute atomic E-state index is 14.4. The van der Waals surface area contributed by atoms with Crippen LogP contribution in [-0.4, -0.2) is 121 Å². The molecule has 7 aromatic rings. The van der Waals surface area contributed by atoms with Gasteiger partial charge in [0.1, 0.15) is 24.3 Å². The molecular weight excluding hydrogens is 1060 g/mol. The number of thioether (sulfide) groups is 1. The summed E-state index contributed by atoms with van der Waals surface area (Å²) in [6, 6.07) is 55.7. The Labute approximate surface area is 470 Å². The number of carbonyl (C=O) groups excluding carboxylic acids is 7. The van der Waals surface area contributed by atoms with Gasteiger partial charge in [-0.05, 0) is 90.7 Å². The van der Waals surface area contributed by atoms with Gasteiger partial charge in [0.15, 0.2) is 42.9 Å². The van der Waals surface area contributed by atoms with E-state index in [1.54, 1.807) is 140 Å². The molecule has 10 unspecified atom stereocenters. The second-order valence-corrected chi connectivity index (χ2v) is 19.6. The van der Waals surface area contributed by atoms with E-state index in [0.29, 0.717) is 5.75 Å². The van der Waals surface area contributed by atoms with Crippen molar-refractivity contribution in [3.63, 3.8) is 0 Å². The fourth-order valence-electron chi connectivity index (χ4n) is 8.86. The van der Waals surface area contributed by atoms with Crippen molar-refractivity contribution in [2.24, 2.45) is 0 Å². The van der Waals surface area contributed by atoms with Crippen molar-refractivity contribution in [1.82, 2.24) is 0 Å². The molecule has 0 radical (unpaired) electrons. The van der Waals surface area contributed by atoms with Crippen LogP contribution in [0.4, 0.5) is 0 Å². The summed E-state index contributed by atoms with van der Waals surface area (Å²) in [6.07, 6.45) is -14.8. The summed E-state index contributed by atoms with van der Waals surface area (Å²) >= 11 is 1.19. The Morgan fingerprint density at radius 1 is 0.333 bits per heavy atom. The molecule has 0 saturated carbocycles. The summed E-state index contributed by atoms with van der Waals surface area (Å²) in [5, 5.41) is 0. The maximum Gasteiger partial charge on any atom is 0.338 e. The normalized spacial score (nSPS) is 22.1. The molecule has 10 atom stereocenters. The molecule has 2 aliphatic heterocycles. The van der Waals surface area contributed by atoms with Crippen molar-refractivity contribution in [1.29, 1.82) is 0 Å². The van der Waals surface area contributed by atoms with Crippen LogP contribution in [0.3, 0.4) is 0 Å². The van der Waals surface area contributed by atoms with Crippen molar-refractivity contribution in [2.75, 3.05) is 19.0 Å². The molecule has 17 nitrogen and oxygen atoms in total. The Bertz CT molecular complexity index is 3210. The number of rotatable bonds is 20. The molecule has 0 aromatic heterocycles. The number of hydrogen-bond acceptors (Lipinski definition) is 18. The molecule has 18 heteroatoms. The Kier molecular flexibility index (Phi) is 19.5. The van der Waals surface area contributed by atoms with Crippen molar-refractivity contribution < 1.29 is 80.9 Å². The van der Waals surface area contributed by atoms with Gasteiger partial charge in [0.25, 0.3) is 0 Å². The van der Waals surface area contributed by atoms with Gasteiger partial charge < -0.3 is 47.4 Å². The Morgan fingerprint density at radius 2 is 0.605 bits per heavy atom. The van der Waals surface area contributed by atoms with Crippen LogP contribution in [0.1, 0.15) is 79.4 Å². The largest absolute Gasteiger partial charge is 0.459 e. The number of benzene rings is 7. The Morgan fingerprint density at radius 3 is 0.938 bits per heavy atom. The van der Waals surface area contributed by atoms with Gasteiger partial charge in [0.05, 0.1) is 45.6 Å². The Hall–Kier alpha value is -8.94. The van der Waals surface area contributed by atoms with Crippen LogP contribution in [0.5, 0.6) is 0 Å². The third-order valence-corrected chi connectivity index (χ3v) is 13.9. The molecule has 0 amide bonds. The third kappa shape index (κ3) is 14.7. The molecule has 81 heavy (non-hydrogen) atoms. The fourth-order valence-corrected chi connectivity index (χ4v) is 9.81. The molecule has 2 heterocycles. The molecule has 2 saturated heterocycles. The van der Waals surface area contributed by atoms with Gasteiger partial charge in [0.2, 0.25) is 0 Å². The van der Waals surface area contributed by atoms with Crippen molar-refractivity contribution in [3.8, 4) is 0 Å². The van der Waals surface area contributed by atoms with Crippen LogP contribution < -0.4 is 0 Å². The zero-order chi connectivity index (χ0) is 56.5. The first-order chi connectivity index (χ1) is 39.5. The first kappa shape index (κ1) is 56.8. The van der Waals surface area contributed by atoms with Gasteiger partial charge in [-0.25, -0.2) is 33.6 Å². The molecule has 0 bridgehead atoms. The molecule has 7 aromatic carbocycles.